The molecule has 1 aromatic carbocycles. The van der Waals surface area contributed by atoms with Gasteiger partial charge in [0.1, 0.15) is 12.2 Å². The second-order valence-electron chi connectivity index (χ2n) is 5.08. The van der Waals surface area contributed by atoms with Gasteiger partial charge in [0.15, 0.2) is 11.5 Å². The number of halogens is 1. The molecule has 1 aromatic rings. The lowest BCUT2D eigenvalue weighted by Gasteiger charge is -2.40. The summed E-state index contributed by atoms with van der Waals surface area (Å²) < 4.78 is 17.2. The van der Waals surface area contributed by atoms with Crippen LogP contribution < -0.4 is 9.47 Å². The van der Waals surface area contributed by atoms with Crippen molar-refractivity contribution in [3.63, 3.8) is 0 Å². The summed E-state index contributed by atoms with van der Waals surface area (Å²) in [6, 6.07) is 6.06. The molecule has 3 unspecified atom stereocenters. The van der Waals surface area contributed by atoms with E-state index in [9.17, 15) is 0 Å². The van der Waals surface area contributed by atoms with Crippen LogP contribution in [0.25, 0.3) is 0 Å². The van der Waals surface area contributed by atoms with Crippen molar-refractivity contribution >= 4 is 11.6 Å². The first kappa shape index (κ1) is 15.5. The summed E-state index contributed by atoms with van der Waals surface area (Å²) in [6.07, 6.45) is 2.78. The Morgan fingerprint density at radius 1 is 1.25 bits per heavy atom. The van der Waals surface area contributed by atoms with Crippen LogP contribution in [0.1, 0.15) is 32.3 Å². The summed E-state index contributed by atoms with van der Waals surface area (Å²) in [5.41, 5.74) is 1.23. The van der Waals surface area contributed by atoms with Crippen LogP contribution in [0, 0.1) is 0 Å². The highest BCUT2D eigenvalue weighted by atomic mass is 35.5. The predicted molar refractivity (Wildman–Crippen MR) is 81.1 cm³/mol. The van der Waals surface area contributed by atoms with Gasteiger partial charge < -0.3 is 14.2 Å². The van der Waals surface area contributed by atoms with Crippen LogP contribution >= 0.6 is 11.6 Å². The van der Waals surface area contributed by atoms with Gasteiger partial charge in [-0.3, -0.25) is 0 Å². The molecule has 112 valence electrons. The molecule has 0 radical (unpaired) electrons. The molecule has 1 aliphatic carbocycles. The van der Waals surface area contributed by atoms with E-state index in [4.69, 9.17) is 25.8 Å². The van der Waals surface area contributed by atoms with Gasteiger partial charge in [-0.15, -0.1) is 11.6 Å². The summed E-state index contributed by atoms with van der Waals surface area (Å²) in [5, 5.41) is 0.0486. The van der Waals surface area contributed by atoms with E-state index in [1.54, 1.807) is 7.11 Å². The molecule has 4 heteroatoms. The van der Waals surface area contributed by atoms with Crippen molar-refractivity contribution in [3.05, 3.63) is 23.8 Å². The minimum absolute atomic E-state index is 0.0189. The highest BCUT2D eigenvalue weighted by molar-refractivity contribution is 6.21. The Kier molecular flexibility index (Phi) is 5.55. The van der Waals surface area contributed by atoms with E-state index in [1.807, 2.05) is 12.1 Å². The van der Waals surface area contributed by atoms with Crippen molar-refractivity contribution < 1.29 is 14.2 Å². The zero-order valence-electron chi connectivity index (χ0n) is 12.4. The van der Waals surface area contributed by atoms with E-state index >= 15 is 0 Å². The summed E-state index contributed by atoms with van der Waals surface area (Å²) in [5.74, 6) is 1.54. The molecule has 1 saturated carbocycles. The third-order valence-electron chi connectivity index (χ3n) is 3.61. The van der Waals surface area contributed by atoms with Crippen molar-refractivity contribution in [2.24, 2.45) is 0 Å². The first-order valence-electron chi connectivity index (χ1n) is 7.28. The molecule has 0 amide bonds. The molecule has 0 N–H and O–H groups in total. The van der Waals surface area contributed by atoms with Crippen molar-refractivity contribution in [1.82, 2.24) is 0 Å². The van der Waals surface area contributed by atoms with Crippen LogP contribution in [0.3, 0.4) is 0 Å². The van der Waals surface area contributed by atoms with Gasteiger partial charge in [-0.1, -0.05) is 19.9 Å². The van der Waals surface area contributed by atoms with E-state index < -0.39 is 0 Å². The quantitative estimate of drug-likeness (QED) is 0.716. The summed E-state index contributed by atoms with van der Waals surface area (Å²) >= 11 is 6.20. The van der Waals surface area contributed by atoms with E-state index in [0.29, 0.717) is 0 Å². The molecule has 0 bridgehead atoms. The first-order valence-corrected chi connectivity index (χ1v) is 7.72. The van der Waals surface area contributed by atoms with E-state index in [-0.39, 0.29) is 17.6 Å². The van der Waals surface area contributed by atoms with Gasteiger partial charge in [-0.2, -0.15) is 0 Å². The lowest BCUT2D eigenvalue weighted by atomic mass is 9.91. The maximum atomic E-state index is 6.20. The van der Waals surface area contributed by atoms with Crippen molar-refractivity contribution in [2.45, 2.75) is 50.7 Å². The highest BCUT2D eigenvalue weighted by Gasteiger charge is 2.43. The number of hydrogen-bond donors (Lipinski definition) is 0. The molecule has 0 spiro atoms. The predicted octanol–water partition coefficient (Wildman–Crippen LogP) is 3.81. The molecular weight excluding hydrogens is 276 g/mol. The molecule has 0 aliphatic heterocycles. The number of ether oxygens (including phenoxy) is 3. The van der Waals surface area contributed by atoms with Gasteiger partial charge in [-0.05, 0) is 30.5 Å². The fourth-order valence-corrected chi connectivity index (χ4v) is 2.71. The zero-order chi connectivity index (χ0) is 14.5. The molecule has 0 heterocycles. The van der Waals surface area contributed by atoms with Crippen molar-refractivity contribution in [1.29, 1.82) is 0 Å². The smallest absolute Gasteiger partial charge is 0.161 e. The first-order chi connectivity index (χ1) is 9.69. The SMILES string of the molecule is CCCOC1C(Cl)CC1Oc1ccc(CC)cc1OC. The van der Waals surface area contributed by atoms with Gasteiger partial charge in [0.2, 0.25) is 0 Å². The van der Waals surface area contributed by atoms with Crippen LogP contribution in [0.4, 0.5) is 0 Å². The number of aryl methyl sites for hydroxylation is 1. The van der Waals surface area contributed by atoms with Crippen LogP contribution in [-0.4, -0.2) is 31.3 Å². The molecule has 0 aromatic heterocycles. The molecule has 20 heavy (non-hydrogen) atoms. The van der Waals surface area contributed by atoms with Crippen LogP contribution in [0.5, 0.6) is 11.5 Å². The number of hydrogen-bond acceptors (Lipinski definition) is 3. The Morgan fingerprint density at radius 3 is 2.65 bits per heavy atom. The third-order valence-corrected chi connectivity index (χ3v) is 4.04. The number of rotatable bonds is 7. The number of methoxy groups -OCH3 is 1. The zero-order valence-corrected chi connectivity index (χ0v) is 13.2. The fourth-order valence-electron chi connectivity index (χ4n) is 2.30. The minimum atomic E-state index is -0.0211. The molecule has 1 fully saturated rings. The minimum Gasteiger partial charge on any atom is -0.493 e. The van der Waals surface area contributed by atoms with Gasteiger partial charge in [0.25, 0.3) is 0 Å². The van der Waals surface area contributed by atoms with Crippen molar-refractivity contribution in [3.8, 4) is 11.5 Å². The normalized spacial score (nSPS) is 25.1. The summed E-state index contributed by atoms with van der Waals surface area (Å²) in [7, 11) is 1.66. The maximum Gasteiger partial charge on any atom is 0.161 e. The fraction of sp³-hybridized carbons (Fsp3) is 0.625. The van der Waals surface area contributed by atoms with Gasteiger partial charge >= 0.3 is 0 Å². The van der Waals surface area contributed by atoms with Crippen LogP contribution in [0.15, 0.2) is 18.2 Å². The number of benzene rings is 1. The lowest BCUT2D eigenvalue weighted by Crippen LogP contribution is -2.52. The topological polar surface area (TPSA) is 27.7 Å². The molecule has 0 saturated heterocycles. The van der Waals surface area contributed by atoms with E-state index in [2.05, 4.69) is 19.9 Å². The molecule has 3 nitrogen and oxygen atoms in total. The standard InChI is InChI=1S/C16H23ClO3/c1-4-8-19-16-12(17)10-15(16)20-13-7-6-11(5-2)9-14(13)18-3/h6-7,9,12,15-16H,4-5,8,10H2,1-3H3. The van der Waals surface area contributed by atoms with Crippen LogP contribution in [0.2, 0.25) is 0 Å². The third kappa shape index (κ3) is 3.39. The Bertz CT molecular complexity index is 436. The molecule has 1 aliphatic rings. The number of alkyl halides is 1. The Labute approximate surface area is 126 Å². The molecular formula is C16H23ClO3. The Hall–Kier alpha value is -0.930. The Morgan fingerprint density at radius 2 is 2.05 bits per heavy atom. The summed E-state index contributed by atoms with van der Waals surface area (Å²) in [4.78, 5) is 0. The average molecular weight is 299 g/mol. The second kappa shape index (κ2) is 7.19. The molecule has 2 rings (SSSR count). The lowest BCUT2D eigenvalue weighted by molar-refractivity contribution is -0.0803. The second-order valence-corrected chi connectivity index (χ2v) is 5.64. The average Bonchev–Trinajstić information content (AvgIpc) is 2.47. The van der Waals surface area contributed by atoms with Crippen LogP contribution in [-0.2, 0) is 11.2 Å². The van der Waals surface area contributed by atoms with Gasteiger partial charge in [-0.25, -0.2) is 0 Å². The largest absolute Gasteiger partial charge is 0.493 e. The van der Waals surface area contributed by atoms with Gasteiger partial charge in [0.05, 0.1) is 12.5 Å². The van der Waals surface area contributed by atoms with E-state index in [0.717, 1.165) is 37.4 Å². The highest BCUT2D eigenvalue weighted by Crippen LogP contribution is 2.36. The Balaban J connectivity index is 2.02. The monoisotopic (exact) mass is 298 g/mol. The molecule has 3 atom stereocenters. The van der Waals surface area contributed by atoms with Crippen molar-refractivity contribution in [2.75, 3.05) is 13.7 Å². The van der Waals surface area contributed by atoms with E-state index in [1.165, 1.54) is 5.56 Å². The van der Waals surface area contributed by atoms with Gasteiger partial charge in [0, 0.05) is 13.0 Å². The maximum absolute atomic E-state index is 6.20. The summed E-state index contributed by atoms with van der Waals surface area (Å²) in [6.45, 7) is 4.93.